The van der Waals surface area contributed by atoms with Gasteiger partial charge in [0.15, 0.2) is 0 Å². The Morgan fingerprint density at radius 2 is 2.14 bits per heavy atom. The number of aryl methyl sites for hydroxylation is 1. The summed E-state index contributed by atoms with van der Waals surface area (Å²) in [6.07, 6.45) is 3.42. The first kappa shape index (κ1) is 15.5. The molecular weight excluding hydrogens is 266 g/mol. The van der Waals surface area contributed by atoms with Crippen LogP contribution in [0.4, 0.5) is 5.69 Å². The van der Waals surface area contributed by atoms with Gasteiger partial charge in [0, 0.05) is 12.2 Å². The van der Waals surface area contributed by atoms with Crippen molar-refractivity contribution in [2.24, 2.45) is 5.73 Å². The van der Waals surface area contributed by atoms with Crippen molar-refractivity contribution in [2.45, 2.75) is 38.6 Å². The summed E-state index contributed by atoms with van der Waals surface area (Å²) in [5.74, 6) is -0.338. The highest BCUT2D eigenvalue weighted by atomic mass is 16.2. The number of benzene rings is 1. The highest BCUT2D eigenvalue weighted by molar-refractivity contribution is 5.98. The standard InChI is InChI=1S/C16H23N3O2/c1-2-6-13(17)16(21)18-11-15(20)19-10-5-8-12-7-3-4-9-14(12)19/h3-4,7,9,13H,2,5-6,8,10-11,17H2,1H3,(H,18,21). The van der Waals surface area contributed by atoms with Crippen molar-refractivity contribution in [3.8, 4) is 0 Å². The van der Waals surface area contributed by atoms with E-state index in [1.54, 1.807) is 4.90 Å². The number of hydrogen-bond donors (Lipinski definition) is 2. The van der Waals surface area contributed by atoms with E-state index in [1.165, 1.54) is 5.56 Å². The Morgan fingerprint density at radius 3 is 2.90 bits per heavy atom. The van der Waals surface area contributed by atoms with Crippen molar-refractivity contribution in [2.75, 3.05) is 18.0 Å². The Hall–Kier alpha value is -1.88. The van der Waals surface area contributed by atoms with Crippen molar-refractivity contribution in [3.05, 3.63) is 29.8 Å². The van der Waals surface area contributed by atoms with Crippen molar-refractivity contribution in [1.29, 1.82) is 0 Å². The summed E-state index contributed by atoms with van der Waals surface area (Å²) in [6, 6.07) is 7.39. The fourth-order valence-electron chi connectivity index (χ4n) is 2.62. The normalized spacial score (nSPS) is 15.2. The van der Waals surface area contributed by atoms with Gasteiger partial charge in [-0.05, 0) is 30.9 Å². The molecule has 0 spiro atoms. The summed E-state index contributed by atoms with van der Waals surface area (Å²) in [4.78, 5) is 25.8. The van der Waals surface area contributed by atoms with Gasteiger partial charge in [0.25, 0.3) is 0 Å². The lowest BCUT2D eigenvalue weighted by Crippen LogP contribution is -2.47. The first-order valence-electron chi connectivity index (χ1n) is 7.55. The van der Waals surface area contributed by atoms with Gasteiger partial charge in [-0.15, -0.1) is 0 Å². The van der Waals surface area contributed by atoms with Crippen LogP contribution in [0.2, 0.25) is 0 Å². The summed E-state index contributed by atoms with van der Waals surface area (Å²) >= 11 is 0. The molecule has 21 heavy (non-hydrogen) atoms. The number of nitrogens with zero attached hydrogens (tertiary/aromatic N) is 1. The molecule has 0 saturated carbocycles. The molecule has 0 saturated heterocycles. The molecule has 0 aromatic heterocycles. The summed E-state index contributed by atoms with van der Waals surface area (Å²) < 4.78 is 0. The van der Waals surface area contributed by atoms with Gasteiger partial charge in [0.2, 0.25) is 11.8 Å². The number of para-hydroxylation sites is 1. The summed E-state index contributed by atoms with van der Waals surface area (Å²) in [7, 11) is 0. The maximum atomic E-state index is 12.3. The molecule has 114 valence electrons. The molecule has 5 nitrogen and oxygen atoms in total. The molecule has 0 aliphatic carbocycles. The van der Waals surface area contributed by atoms with Crippen LogP contribution in [0.15, 0.2) is 24.3 Å². The molecule has 2 amide bonds. The molecule has 1 atom stereocenters. The average molecular weight is 289 g/mol. The minimum Gasteiger partial charge on any atom is -0.346 e. The largest absolute Gasteiger partial charge is 0.346 e. The third-order valence-corrected chi connectivity index (χ3v) is 3.76. The first-order valence-corrected chi connectivity index (χ1v) is 7.55. The molecule has 0 radical (unpaired) electrons. The lowest BCUT2D eigenvalue weighted by Gasteiger charge is -2.29. The van der Waals surface area contributed by atoms with Crippen LogP contribution in [0.5, 0.6) is 0 Å². The van der Waals surface area contributed by atoms with E-state index in [4.69, 9.17) is 5.73 Å². The zero-order valence-corrected chi connectivity index (χ0v) is 12.5. The minimum atomic E-state index is -0.531. The zero-order chi connectivity index (χ0) is 15.2. The molecule has 0 bridgehead atoms. The predicted molar refractivity (Wildman–Crippen MR) is 83.0 cm³/mol. The van der Waals surface area contributed by atoms with Crippen molar-refractivity contribution >= 4 is 17.5 Å². The molecule has 5 heteroatoms. The van der Waals surface area contributed by atoms with Crippen LogP contribution in [0.1, 0.15) is 31.7 Å². The second kappa shape index (κ2) is 7.22. The van der Waals surface area contributed by atoms with Crippen LogP contribution in [-0.2, 0) is 16.0 Å². The molecule has 1 aromatic carbocycles. The van der Waals surface area contributed by atoms with Gasteiger partial charge < -0.3 is 16.0 Å². The first-order chi connectivity index (χ1) is 10.1. The van der Waals surface area contributed by atoms with Crippen LogP contribution in [0.25, 0.3) is 0 Å². The lowest BCUT2D eigenvalue weighted by molar-refractivity contribution is -0.126. The number of rotatable bonds is 5. The number of amides is 2. The molecule has 1 unspecified atom stereocenters. The van der Waals surface area contributed by atoms with E-state index in [0.717, 1.165) is 24.9 Å². The lowest BCUT2D eigenvalue weighted by atomic mass is 10.0. The Balaban J connectivity index is 1.94. The number of anilines is 1. The summed E-state index contributed by atoms with van der Waals surface area (Å²) in [5.41, 5.74) is 7.88. The number of carbonyl (C=O) groups excluding carboxylic acids is 2. The van der Waals surface area contributed by atoms with Crippen LogP contribution >= 0.6 is 0 Å². The second-order valence-electron chi connectivity index (χ2n) is 5.39. The minimum absolute atomic E-state index is 0.00455. The van der Waals surface area contributed by atoms with Gasteiger partial charge in [-0.1, -0.05) is 31.5 Å². The average Bonchev–Trinajstić information content (AvgIpc) is 2.51. The quantitative estimate of drug-likeness (QED) is 0.855. The number of hydrogen-bond acceptors (Lipinski definition) is 3. The second-order valence-corrected chi connectivity index (χ2v) is 5.39. The number of fused-ring (bicyclic) bond motifs is 1. The Bertz CT molecular complexity index is 516. The molecule has 1 aromatic rings. The van der Waals surface area contributed by atoms with Gasteiger partial charge in [0.05, 0.1) is 12.6 Å². The van der Waals surface area contributed by atoms with Crippen LogP contribution in [0.3, 0.4) is 0 Å². The number of nitrogens with one attached hydrogen (secondary N) is 1. The van der Waals surface area contributed by atoms with Crippen LogP contribution in [-0.4, -0.2) is 30.9 Å². The predicted octanol–water partition coefficient (Wildman–Crippen LogP) is 1.21. The van der Waals surface area contributed by atoms with Crippen molar-refractivity contribution in [3.63, 3.8) is 0 Å². The van der Waals surface area contributed by atoms with E-state index in [1.807, 2.05) is 31.2 Å². The van der Waals surface area contributed by atoms with Crippen LogP contribution < -0.4 is 16.0 Å². The van der Waals surface area contributed by atoms with E-state index in [0.29, 0.717) is 13.0 Å². The Kier molecular flexibility index (Phi) is 5.33. The highest BCUT2D eigenvalue weighted by Gasteiger charge is 2.22. The van der Waals surface area contributed by atoms with Crippen molar-refractivity contribution < 1.29 is 9.59 Å². The molecule has 0 fully saturated rings. The zero-order valence-electron chi connectivity index (χ0n) is 12.5. The van der Waals surface area contributed by atoms with E-state index < -0.39 is 6.04 Å². The molecule has 1 heterocycles. The smallest absolute Gasteiger partial charge is 0.246 e. The van der Waals surface area contributed by atoms with Gasteiger partial charge in [-0.2, -0.15) is 0 Å². The van der Waals surface area contributed by atoms with Gasteiger partial charge in [-0.3, -0.25) is 9.59 Å². The van der Waals surface area contributed by atoms with E-state index in [-0.39, 0.29) is 18.4 Å². The molecule has 1 aliphatic rings. The monoisotopic (exact) mass is 289 g/mol. The Labute approximate surface area is 125 Å². The highest BCUT2D eigenvalue weighted by Crippen LogP contribution is 2.26. The van der Waals surface area contributed by atoms with E-state index >= 15 is 0 Å². The Morgan fingerprint density at radius 1 is 1.38 bits per heavy atom. The summed E-state index contributed by atoms with van der Waals surface area (Å²) in [5, 5.41) is 2.64. The summed E-state index contributed by atoms with van der Waals surface area (Å²) in [6.45, 7) is 2.68. The van der Waals surface area contributed by atoms with Gasteiger partial charge in [-0.25, -0.2) is 0 Å². The van der Waals surface area contributed by atoms with Gasteiger partial charge in [0.1, 0.15) is 0 Å². The van der Waals surface area contributed by atoms with E-state index in [2.05, 4.69) is 5.32 Å². The molecule has 2 rings (SSSR count). The molecule has 3 N–H and O–H groups in total. The van der Waals surface area contributed by atoms with Crippen LogP contribution in [0, 0.1) is 0 Å². The third kappa shape index (κ3) is 3.82. The fourth-order valence-corrected chi connectivity index (χ4v) is 2.62. The topological polar surface area (TPSA) is 75.4 Å². The third-order valence-electron chi connectivity index (χ3n) is 3.76. The SMILES string of the molecule is CCCC(N)C(=O)NCC(=O)N1CCCc2ccccc21. The fraction of sp³-hybridized carbons (Fsp3) is 0.500. The molecule has 1 aliphatic heterocycles. The van der Waals surface area contributed by atoms with Gasteiger partial charge >= 0.3 is 0 Å². The molecular formula is C16H23N3O2. The van der Waals surface area contributed by atoms with Crippen molar-refractivity contribution in [1.82, 2.24) is 5.32 Å². The maximum absolute atomic E-state index is 12.3. The maximum Gasteiger partial charge on any atom is 0.246 e. The van der Waals surface area contributed by atoms with E-state index in [9.17, 15) is 9.59 Å². The number of carbonyl (C=O) groups is 2. The number of nitrogens with two attached hydrogens (primary N) is 1.